The normalized spacial score (nSPS) is 31.7. The molecule has 0 bridgehead atoms. The lowest BCUT2D eigenvalue weighted by Crippen LogP contribution is -2.46. The molecular formula is C7H13NO3. The van der Waals surface area contributed by atoms with Crippen molar-refractivity contribution < 1.29 is 14.6 Å². The van der Waals surface area contributed by atoms with Crippen molar-refractivity contribution in [1.82, 2.24) is 5.32 Å². The average molecular weight is 159 g/mol. The van der Waals surface area contributed by atoms with Gasteiger partial charge in [-0.3, -0.25) is 4.79 Å². The first kappa shape index (κ1) is 8.49. The van der Waals surface area contributed by atoms with Gasteiger partial charge in [0.1, 0.15) is 0 Å². The minimum Gasteiger partial charge on any atom is -0.481 e. The SMILES string of the molecule is CC1CNC(CC(=O)O)CO1. The molecular weight excluding hydrogens is 146 g/mol. The van der Waals surface area contributed by atoms with E-state index >= 15 is 0 Å². The molecule has 0 aromatic carbocycles. The van der Waals surface area contributed by atoms with Crippen LogP contribution in [0.4, 0.5) is 0 Å². The Morgan fingerprint density at radius 2 is 2.55 bits per heavy atom. The Balaban J connectivity index is 2.22. The van der Waals surface area contributed by atoms with Gasteiger partial charge in [0, 0.05) is 12.6 Å². The highest BCUT2D eigenvalue weighted by atomic mass is 16.5. The van der Waals surface area contributed by atoms with Crippen LogP contribution in [0, 0.1) is 0 Å². The van der Waals surface area contributed by atoms with E-state index in [4.69, 9.17) is 9.84 Å². The van der Waals surface area contributed by atoms with Crippen LogP contribution in [-0.4, -0.2) is 36.4 Å². The molecule has 0 saturated carbocycles. The van der Waals surface area contributed by atoms with Crippen LogP contribution in [-0.2, 0) is 9.53 Å². The molecule has 0 aromatic rings. The first-order valence-electron chi connectivity index (χ1n) is 3.75. The smallest absolute Gasteiger partial charge is 0.305 e. The molecule has 0 radical (unpaired) electrons. The van der Waals surface area contributed by atoms with E-state index in [9.17, 15) is 4.79 Å². The molecule has 2 unspecified atom stereocenters. The molecule has 0 amide bonds. The van der Waals surface area contributed by atoms with E-state index in [1.165, 1.54) is 0 Å². The summed E-state index contributed by atoms with van der Waals surface area (Å²) in [5.41, 5.74) is 0. The van der Waals surface area contributed by atoms with Gasteiger partial charge in [-0.2, -0.15) is 0 Å². The summed E-state index contributed by atoms with van der Waals surface area (Å²) >= 11 is 0. The van der Waals surface area contributed by atoms with Crippen molar-refractivity contribution in [2.45, 2.75) is 25.5 Å². The van der Waals surface area contributed by atoms with Gasteiger partial charge in [-0.1, -0.05) is 0 Å². The molecule has 0 spiro atoms. The maximum Gasteiger partial charge on any atom is 0.305 e. The third-order valence-corrected chi connectivity index (χ3v) is 1.70. The van der Waals surface area contributed by atoms with Gasteiger partial charge in [0.25, 0.3) is 0 Å². The van der Waals surface area contributed by atoms with Gasteiger partial charge in [-0.15, -0.1) is 0 Å². The minimum atomic E-state index is -0.777. The molecule has 0 aromatic heterocycles. The molecule has 1 rings (SSSR count). The van der Waals surface area contributed by atoms with Crippen molar-refractivity contribution in [3.8, 4) is 0 Å². The van der Waals surface area contributed by atoms with Gasteiger partial charge in [0.2, 0.25) is 0 Å². The van der Waals surface area contributed by atoms with Gasteiger partial charge in [0.15, 0.2) is 0 Å². The lowest BCUT2D eigenvalue weighted by Gasteiger charge is -2.27. The molecule has 11 heavy (non-hydrogen) atoms. The van der Waals surface area contributed by atoms with Gasteiger partial charge in [-0.05, 0) is 6.92 Å². The maximum absolute atomic E-state index is 10.3. The predicted octanol–water partition coefficient (Wildman–Crippen LogP) is -0.162. The van der Waals surface area contributed by atoms with E-state index < -0.39 is 5.97 Å². The highest BCUT2D eigenvalue weighted by molar-refractivity contribution is 5.67. The summed E-state index contributed by atoms with van der Waals surface area (Å²) in [4.78, 5) is 10.3. The monoisotopic (exact) mass is 159 g/mol. The van der Waals surface area contributed by atoms with E-state index in [2.05, 4.69) is 5.32 Å². The van der Waals surface area contributed by atoms with E-state index in [1.54, 1.807) is 0 Å². The fraction of sp³-hybridized carbons (Fsp3) is 0.857. The number of rotatable bonds is 2. The Kier molecular flexibility index (Phi) is 2.84. The second-order valence-corrected chi connectivity index (χ2v) is 2.85. The predicted molar refractivity (Wildman–Crippen MR) is 39.5 cm³/mol. The molecule has 1 fully saturated rings. The highest BCUT2D eigenvalue weighted by Gasteiger charge is 2.19. The molecule has 2 N–H and O–H groups in total. The number of carboxylic acids is 1. The summed E-state index contributed by atoms with van der Waals surface area (Å²) in [6.45, 7) is 3.22. The number of ether oxygens (including phenoxy) is 1. The van der Waals surface area contributed by atoms with Crippen LogP contribution < -0.4 is 5.32 Å². The van der Waals surface area contributed by atoms with Crippen LogP contribution in [0.2, 0.25) is 0 Å². The standard InChI is InChI=1S/C7H13NO3/c1-5-3-8-6(4-11-5)2-7(9)10/h5-6,8H,2-4H2,1H3,(H,9,10). The summed E-state index contributed by atoms with van der Waals surface area (Å²) in [6, 6.07) is -0.0105. The summed E-state index contributed by atoms with van der Waals surface area (Å²) in [5.74, 6) is -0.777. The van der Waals surface area contributed by atoms with E-state index in [0.717, 1.165) is 6.54 Å². The number of carboxylic acid groups (broad SMARTS) is 1. The van der Waals surface area contributed by atoms with Gasteiger partial charge in [-0.25, -0.2) is 0 Å². The minimum absolute atomic E-state index is 0.0105. The zero-order valence-electron chi connectivity index (χ0n) is 6.54. The highest BCUT2D eigenvalue weighted by Crippen LogP contribution is 2.02. The molecule has 0 aliphatic carbocycles. The Hall–Kier alpha value is -0.610. The lowest BCUT2D eigenvalue weighted by molar-refractivity contribution is -0.138. The summed E-state index contributed by atoms with van der Waals surface area (Å²) in [6.07, 6.45) is 0.354. The van der Waals surface area contributed by atoms with Crippen LogP contribution in [0.25, 0.3) is 0 Å². The lowest BCUT2D eigenvalue weighted by atomic mass is 10.2. The number of aliphatic carboxylic acids is 1. The Morgan fingerprint density at radius 1 is 1.82 bits per heavy atom. The molecule has 4 heteroatoms. The third-order valence-electron chi connectivity index (χ3n) is 1.70. The van der Waals surface area contributed by atoms with Crippen LogP contribution in [0.3, 0.4) is 0 Å². The fourth-order valence-corrected chi connectivity index (χ4v) is 1.07. The van der Waals surface area contributed by atoms with Crippen molar-refractivity contribution in [3.63, 3.8) is 0 Å². The number of nitrogens with one attached hydrogen (secondary N) is 1. The fourth-order valence-electron chi connectivity index (χ4n) is 1.07. The Bertz CT molecular complexity index is 141. The molecule has 64 valence electrons. The number of hydrogen-bond acceptors (Lipinski definition) is 3. The molecule has 2 atom stereocenters. The molecule has 1 aliphatic rings. The Labute approximate surface area is 65.5 Å². The van der Waals surface area contributed by atoms with E-state index in [-0.39, 0.29) is 18.6 Å². The second-order valence-electron chi connectivity index (χ2n) is 2.85. The summed E-state index contributed by atoms with van der Waals surface area (Å²) in [7, 11) is 0. The quantitative estimate of drug-likeness (QED) is 0.587. The zero-order valence-corrected chi connectivity index (χ0v) is 6.54. The van der Waals surface area contributed by atoms with E-state index in [0.29, 0.717) is 6.61 Å². The van der Waals surface area contributed by atoms with Crippen LogP contribution in [0.1, 0.15) is 13.3 Å². The van der Waals surface area contributed by atoms with Crippen molar-refractivity contribution in [2.24, 2.45) is 0 Å². The van der Waals surface area contributed by atoms with Crippen LogP contribution in [0.15, 0.2) is 0 Å². The van der Waals surface area contributed by atoms with Crippen molar-refractivity contribution >= 4 is 5.97 Å². The van der Waals surface area contributed by atoms with Crippen LogP contribution in [0.5, 0.6) is 0 Å². The second kappa shape index (κ2) is 3.69. The average Bonchev–Trinajstić information content (AvgIpc) is 1.93. The number of carbonyl (C=O) groups is 1. The third kappa shape index (κ3) is 2.86. The topological polar surface area (TPSA) is 58.6 Å². The molecule has 1 saturated heterocycles. The van der Waals surface area contributed by atoms with Gasteiger partial charge in [0.05, 0.1) is 19.1 Å². The van der Waals surface area contributed by atoms with Gasteiger partial charge < -0.3 is 15.2 Å². The molecule has 4 nitrogen and oxygen atoms in total. The maximum atomic E-state index is 10.3. The molecule has 1 aliphatic heterocycles. The largest absolute Gasteiger partial charge is 0.481 e. The first-order chi connectivity index (χ1) is 5.18. The van der Waals surface area contributed by atoms with Crippen molar-refractivity contribution in [3.05, 3.63) is 0 Å². The molecule has 1 heterocycles. The van der Waals surface area contributed by atoms with E-state index in [1.807, 2.05) is 6.92 Å². The Morgan fingerprint density at radius 3 is 3.00 bits per heavy atom. The first-order valence-corrected chi connectivity index (χ1v) is 3.75. The van der Waals surface area contributed by atoms with Crippen molar-refractivity contribution in [2.75, 3.05) is 13.2 Å². The van der Waals surface area contributed by atoms with Crippen molar-refractivity contribution in [1.29, 1.82) is 0 Å². The summed E-state index contributed by atoms with van der Waals surface area (Å²) in [5, 5.41) is 11.5. The zero-order chi connectivity index (χ0) is 8.27. The van der Waals surface area contributed by atoms with Gasteiger partial charge >= 0.3 is 5.97 Å². The number of hydrogen-bond donors (Lipinski definition) is 2. The number of morpholine rings is 1. The van der Waals surface area contributed by atoms with Crippen LogP contribution >= 0.6 is 0 Å². The summed E-state index contributed by atoms with van der Waals surface area (Å²) < 4.78 is 5.27.